The first-order valence-electron chi connectivity index (χ1n) is 5.13. The maximum Gasteiger partial charge on any atom is 0.143 e. The maximum atomic E-state index is 11.5. The van der Waals surface area contributed by atoms with Crippen molar-refractivity contribution in [2.45, 2.75) is 12.3 Å². The lowest BCUT2D eigenvalue weighted by molar-refractivity contribution is -0.119. The van der Waals surface area contributed by atoms with Crippen molar-refractivity contribution in [1.82, 2.24) is 4.98 Å². The molecule has 0 bridgehead atoms. The number of hydrogen-bond donors (Lipinski definition) is 0. The number of rotatable bonds is 4. The topological polar surface area (TPSA) is 47.0 Å². The quantitative estimate of drug-likeness (QED) is 0.612. The minimum absolute atomic E-state index is 0.678. The molecule has 1 heterocycles. The van der Waals surface area contributed by atoms with E-state index in [1.807, 2.05) is 18.2 Å². The van der Waals surface area contributed by atoms with Crippen LogP contribution in [0.5, 0.6) is 0 Å². The highest BCUT2D eigenvalue weighted by atomic mass is 32.1. The summed E-state index contributed by atoms with van der Waals surface area (Å²) in [5, 5.41) is 0. The summed E-state index contributed by atoms with van der Waals surface area (Å²) in [6, 6.07) is 9.04. The first-order valence-corrected chi connectivity index (χ1v) is 6.01. The Kier molecular flexibility index (Phi) is 3.15. The first kappa shape index (κ1) is 11.7. The molecule has 1 aromatic carbocycles. The Morgan fingerprint density at radius 3 is 2.29 bits per heavy atom. The molecular weight excluding hydrogens is 234 g/mol. The van der Waals surface area contributed by atoms with E-state index in [2.05, 4.69) is 4.98 Å². The van der Waals surface area contributed by atoms with Crippen LogP contribution >= 0.6 is 11.3 Å². The van der Waals surface area contributed by atoms with Gasteiger partial charge in [0.15, 0.2) is 0 Å². The summed E-state index contributed by atoms with van der Waals surface area (Å²) in [5.74, 6) is 0. The van der Waals surface area contributed by atoms with E-state index < -0.39 is 5.41 Å². The Morgan fingerprint density at radius 2 is 1.82 bits per heavy atom. The molecule has 17 heavy (non-hydrogen) atoms. The molecule has 0 aliphatic heterocycles. The van der Waals surface area contributed by atoms with Crippen molar-refractivity contribution in [2.24, 2.45) is 0 Å². The maximum absolute atomic E-state index is 11.5. The van der Waals surface area contributed by atoms with Crippen LogP contribution in [0.3, 0.4) is 0 Å². The van der Waals surface area contributed by atoms with Crippen molar-refractivity contribution < 1.29 is 9.59 Å². The summed E-state index contributed by atoms with van der Waals surface area (Å²) in [5.41, 5.74) is 1.83. The van der Waals surface area contributed by atoms with Crippen LogP contribution in [0, 0.1) is 6.92 Å². The number of carbonyl (C=O) groups is 2. The van der Waals surface area contributed by atoms with Gasteiger partial charge in [0, 0.05) is 0 Å². The van der Waals surface area contributed by atoms with E-state index in [4.69, 9.17) is 0 Å². The fourth-order valence-electron chi connectivity index (χ4n) is 1.81. The van der Waals surface area contributed by atoms with Gasteiger partial charge in [-0.05, 0) is 12.5 Å². The lowest BCUT2D eigenvalue weighted by Crippen LogP contribution is -2.31. The molecule has 0 amide bonds. The Hall–Kier alpha value is -1.81. The van der Waals surface area contributed by atoms with Crippen LogP contribution in [0.15, 0.2) is 35.8 Å². The second kappa shape index (κ2) is 4.59. The third-order valence-electron chi connectivity index (χ3n) is 2.74. The monoisotopic (exact) mass is 245 g/mol. The Balaban J connectivity index is 2.66. The summed E-state index contributed by atoms with van der Waals surface area (Å²) >= 11 is 1.33. The highest BCUT2D eigenvalue weighted by Gasteiger charge is 2.36. The summed E-state index contributed by atoms with van der Waals surface area (Å²) in [6.07, 6.45) is 1.38. The molecule has 3 nitrogen and oxygen atoms in total. The lowest BCUT2D eigenvalue weighted by Gasteiger charge is -2.21. The molecule has 0 unspecified atom stereocenters. The van der Waals surface area contributed by atoms with Crippen molar-refractivity contribution in [3.63, 3.8) is 0 Å². The van der Waals surface area contributed by atoms with Gasteiger partial charge in [0.25, 0.3) is 0 Å². The number of nitrogens with zero attached hydrogens (tertiary/aromatic N) is 1. The van der Waals surface area contributed by atoms with Crippen molar-refractivity contribution in [1.29, 1.82) is 0 Å². The molecular formula is C13H11NO2S. The van der Waals surface area contributed by atoms with Crippen molar-refractivity contribution in [2.75, 3.05) is 0 Å². The summed E-state index contributed by atoms with van der Waals surface area (Å²) < 4.78 is 0. The molecule has 0 N–H and O–H groups in total. The van der Waals surface area contributed by atoms with Gasteiger partial charge in [-0.15, -0.1) is 11.3 Å². The predicted octanol–water partition coefficient (Wildman–Crippen LogP) is 2.14. The summed E-state index contributed by atoms with van der Waals surface area (Å²) in [4.78, 5) is 27.7. The molecule has 0 aliphatic carbocycles. The number of hydrogen-bond acceptors (Lipinski definition) is 4. The van der Waals surface area contributed by atoms with Gasteiger partial charge in [-0.2, -0.15) is 0 Å². The molecule has 2 rings (SSSR count). The van der Waals surface area contributed by atoms with E-state index in [0.29, 0.717) is 23.0 Å². The molecule has 0 spiro atoms. The van der Waals surface area contributed by atoms with Crippen molar-refractivity contribution in [3.8, 4) is 0 Å². The summed E-state index contributed by atoms with van der Waals surface area (Å²) in [7, 11) is 0. The second-order valence-corrected chi connectivity index (χ2v) is 4.59. The van der Waals surface area contributed by atoms with E-state index in [1.165, 1.54) is 11.3 Å². The van der Waals surface area contributed by atoms with Crippen LogP contribution < -0.4 is 0 Å². The van der Waals surface area contributed by atoms with Crippen LogP contribution in [0.1, 0.15) is 16.1 Å². The van der Waals surface area contributed by atoms with E-state index in [0.717, 1.165) is 5.69 Å². The highest BCUT2D eigenvalue weighted by molar-refractivity contribution is 7.10. The van der Waals surface area contributed by atoms with Crippen LogP contribution in [0.25, 0.3) is 0 Å². The zero-order valence-corrected chi connectivity index (χ0v) is 10.1. The van der Waals surface area contributed by atoms with Gasteiger partial charge in [-0.25, -0.2) is 4.98 Å². The van der Waals surface area contributed by atoms with Crippen LogP contribution in [-0.2, 0) is 15.0 Å². The Morgan fingerprint density at radius 1 is 1.18 bits per heavy atom. The zero-order chi connectivity index (χ0) is 12.3. The average molecular weight is 245 g/mol. The van der Waals surface area contributed by atoms with Crippen LogP contribution in [0.2, 0.25) is 0 Å². The fourth-order valence-corrected chi connectivity index (χ4v) is 2.76. The third-order valence-corrected chi connectivity index (χ3v) is 3.82. The van der Waals surface area contributed by atoms with E-state index in [1.54, 1.807) is 24.6 Å². The molecule has 0 radical (unpaired) electrons. The van der Waals surface area contributed by atoms with E-state index in [9.17, 15) is 9.59 Å². The molecule has 0 saturated heterocycles. The minimum Gasteiger partial charge on any atom is -0.301 e. The number of benzene rings is 1. The van der Waals surface area contributed by atoms with Crippen molar-refractivity contribution >= 4 is 23.9 Å². The third kappa shape index (κ3) is 1.80. The molecule has 0 fully saturated rings. The van der Waals surface area contributed by atoms with Gasteiger partial charge in [0.05, 0.1) is 16.1 Å². The van der Waals surface area contributed by atoms with E-state index >= 15 is 0 Å². The van der Waals surface area contributed by atoms with Gasteiger partial charge in [0.1, 0.15) is 18.0 Å². The molecule has 0 aliphatic rings. The number of thiazole rings is 1. The van der Waals surface area contributed by atoms with Gasteiger partial charge < -0.3 is 9.59 Å². The SMILES string of the molecule is Cc1ncsc1C(C=O)(C=O)c1ccccc1. The Bertz CT molecular complexity index is 525. The predicted molar refractivity (Wildman–Crippen MR) is 66.2 cm³/mol. The normalized spacial score (nSPS) is 11.1. The van der Waals surface area contributed by atoms with Crippen molar-refractivity contribution in [3.05, 3.63) is 52.0 Å². The standard InChI is InChI=1S/C13H11NO2S/c1-10-12(17-9-14-10)13(7-15,8-16)11-5-3-2-4-6-11/h2-9H,1H3. The molecule has 0 atom stereocenters. The van der Waals surface area contributed by atoms with E-state index in [-0.39, 0.29) is 0 Å². The van der Waals surface area contributed by atoms with Gasteiger partial charge in [-0.3, -0.25) is 0 Å². The second-order valence-electron chi connectivity index (χ2n) is 3.74. The smallest absolute Gasteiger partial charge is 0.143 e. The van der Waals surface area contributed by atoms with Gasteiger partial charge in [0.2, 0.25) is 0 Å². The molecule has 0 saturated carbocycles. The molecule has 4 heteroatoms. The summed E-state index contributed by atoms with van der Waals surface area (Å²) in [6.45, 7) is 1.80. The fraction of sp³-hybridized carbons (Fsp3) is 0.154. The van der Waals surface area contributed by atoms with Gasteiger partial charge in [-0.1, -0.05) is 30.3 Å². The average Bonchev–Trinajstić information content (AvgIpc) is 2.80. The van der Waals surface area contributed by atoms with Gasteiger partial charge >= 0.3 is 0 Å². The highest BCUT2D eigenvalue weighted by Crippen LogP contribution is 2.33. The number of aryl methyl sites for hydroxylation is 1. The lowest BCUT2D eigenvalue weighted by atomic mass is 9.81. The van der Waals surface area contributed by atoms with Crippen LogP contribution in [0.4, 0.5) is 0 Å². The molecule has 1 aromatic heterocycles. The molecule has 2 aromatic rings. The van der Waals surface area contributed by atoms with Crippen LogP contribution in [-0.4, -0.2) is 17.6 Å². The number of aldehydes is 2. The Labute approximate surface area is 103 Å². The first-order chi connectivity index (χ1) is 8.24. The minimum atomic E-state index is -1.22. The number of aromatic nitrogens is 1. The largest absolute Gasteiger partial charge is 0.301 e. The molecule has 86 valence electrons. The zero-order valence-electron chi connectivity index (χ0n) is 9.29. The number of carbonyl (C=O) groups excluding carboxylic acids is 2.